The van der Waals surface area contributed by atoms with E-state index in [0.717, 1.165) is 22.7 Å². The molecule has 0 fully saturated rings. The molecule has 0 saturated carbocycles. The molecule has 1 heterocycles. The smallest absolute Gasteiger partial charge is 0.416 e. The number of nitrogens with one attached hydrogen (secondary N) is 1. The molecular weight excluding hydrogens is 385 g/mol. The van der Waals surface area contributed by atoms with Crippen molar-refractivity contribution in [2.24, 2.45) is 0 Å². The van der Waals surface area contributed by atoms with E-state index < -0.39 is 17.5 Å². The fourth-order valence-electron chi connectivity index (χ4n) is 2.41. The number of anilines is 2. The summed E-state index contributed by atoms with van der Waals surface area (Å²) in [5, 5.41) is 13.3. The Kier molecular flexibility index (Phi) is 5.03. The molecule has 1 aromatic heterocycles. The average molecular weight is 399 g/mol. The molecule has 0 unspecified atom stereocenters. The highest BCUT2D eigenvalue weighted by atomic mass is 79.9. The maximum Gasteiger partial charge on any atom is 0.416 e. The highest BCUT2D eigenvalue weighted by Crippen LogP contribution is 2.35. The Morgan fingerprint density at radius 1 is 1.04 bits per heavy atom. The molecule has 0 spiro atoms. The summed E-state index contributed by atoms with van der Waals surface area (Å²) in [5.41, 5.74) is 1.36. The molecule has 0 aliphatic heterocycles. The number of rotatable bonds is 2. The first kappa shape index (κ1) is 18.1. The molecule has 2 N–H and O–H groups in total. The summed E-state index contributed by atoms with van der Waals surface area (Å²) in [7, 11) is 0. The highest BCUT2D eigenvalue weighted by Gasteiger charge is 2.31. The van der Waals surface area contributed by atoms with Gasteiger partial charge in [-0.05, 0) is 31.2 Å². The number of pyridine rings is 1. The Labute approximate surface area is 146 Å². The minimum Gasteiger partial charge on any atom is -0.508 e. The van der Waals surface area contributed by atoms with E-state index in [4.69, 9.17) is 0 Å². The van der Waals surface area contributed by atoms with E-state index in [1.54, 1.807) is 13.0 Å². The largest absolute Gasteiger partial charge is 0.508 e. The van der Waals surface area contributed by atoms with Crippen LogP contribution in [0.2, 0.25) is 0 Å². The second kappa shape index (κ2) is 6.68. The molecule has 0 saturated heterocycles. The quantitative estimate of drug-likeness (QED) is 0.591. The van der Waals surface area contributed by atoms with Gasteiger partial charge in [-0.2, -0.15) is 13.2 Å². The fourth-order valence-corrected chi connectivity index (χ4v) is 2.41. The predicted molar refractivity (Wildman–Crippen MR) is 93.2 cm³/mol. The summed E-state index contributed by atoms with van der Waals surface area (Å²) < 4.78 is 38.6. The van der Waals surface area contributed by atoms with Gasteiger partial charge in [-0.25, -0.2) is 0 Å². The molecule has 126 valence electrons. The van der Waals surface area contributed by atoms with E-state index in [2.05, 4.69) is 10.3 Å². The number of hydrogen-bond acceptors (Lipinski definition) is 3. The molecular formula is C17H14BrF3N2O. The van der Waals surface area contributed by atoms with Gasteiger partial charge in [-0.15, -0.1) is 17.0 Å². The Hall–Kier alpha value is -2.28. The molecule has 2 aromatic carbocycles. The number of aromatic hydroxyl groups is 1. The number of aromatic nitrogens is 1. The number of fused-ring (bicyclic) bond motifs is 1. The summed E-state index contributed by atoms with van der Waals surface area (Å²) in [6, 6.07) is 12.0. The van der Waals surface area contributed by atoms with Crippen molar-refractivity contribution >= 4 is 39.3 Å². The Balaban J connectivity index is 0.00000208. The fraction of sp³-hybridized carbons (Fsp3) is 0.118. The number of halogens is 4. The van der Waals surface area contributed by atoms with Crippen molar-refractivity contribution in [1.82, 2.24) is 4.98 Å². The molecule has 0 atom stereocenters. The third-order valence-corrected chi connectivity index (χ3v) is 3.37. The van der Waals surface area contributed by atoms with Gasteiger partial charge in [0.15, 0.2) is 0 Å². The van der Waals surface area contributed by atoms with E-state index >= 15 is 0 Å². The first-order chi connectivity index (χ1) is 10.8. The second-order valence-corrected chi connectivity index (χ2v) is 5.22. The maximum absolute atomic E-state index is 12.9. The lowest BCUT2D eigenvalue weighted by Crippen LogP contribution is -2.05. The van der Waals surface area contributed by atoms with E-state index in [1.165, 1.54) is 6.07 Å². The first-order valence-corrected chi connectivity index (χ1v) is 6.87. The molecule has 3 aromatic rings. The molecule has 0 amide bonds. The summed E-state index contributed by atoms with van der Waals surface area (Å²) in [6.07, 6.45) is -4.52. The van der Waals surface area contributed by atoms with Crippen LogP contribution in [-0.2, 0) is 6.18 Å². The highest BCUT2D eigenvalue weighted by molar-refractivity contribution is 8.93. The summed E-state index contributed by atoms with van der Waals surface area (Å²) >= 11 is 0. The number of benzene rings is 2. The molecule has 3 rings (SSSR count). The molecule has 0 aliphatic rings. The normalized spacial score (nSPS) is 11.2. The zero-order valence-corrected chi connectivity index (χ0v) is 14.3. The Morgan fingerprint density at radius 3 is 2.46 bits per heavy atom. The van der Waals surface area contributed by atoms with E-state index in [-0.39, 0.29) is 22.7 Å². The molecule has 0 aliphatic carbocycles. The summed E-state index contributed by atoms with van der Waals surface area (Å²) in [4.78, 5) is 4.38. The van der Waals surface area contributed by atoms with Crippen LogP contribution in [0.4, 0.5) is 24.5 Å². The van der Waals surface area contributed by atoms with Crippen LogP contribution in [-0.4, -0.2) is 10.1 Å². The van der Waals surface area contributed by atoms with Gasteiger partial charge in [0, 0.05) is 28.5 Å². The van der Waals surface area contributed by atoms with Gasteiger partial charge >= 0.3 is 6.18 Å². The molecule has 0 bridgehead atoms. The van der Waals surface area contributed by atoms with Gasteiger partial charge in [-0.1, -0.05) is 18.2 Å². The Morgan fingerprint density at radius 2 is 1.75 bits per heavy atom. The number of alkyl halides is 3. The first-order valence-electron chi connectivity index (χ1n) is 6.87. The van der Waals surface area contributed by atoms with Crippen molar-refractivity contribution in [3.8, 4) is 5.75 Å². The van der Waals surface area contributed by atoms with Crippen LogP contribution < -0.4 is 5.32 Å². The van der Waals surface area contributed by atoms with Gasteiger partial charge in [0.05, 0.1) is 11.1 Å². The molecule has 0 radical (unpaired) electrons. The third-order valence-electron chi connectivity index (χ3n) is 3.37. The van der Waals surface area contributed by atoms with Crippen molar-refractivity contribution in [3.05, 3.63) is 59.8 Å². The van der Waals surface area contributed by atoms with Crippen molar-refractivity contribution in [2.45, 2.75) is 13.1 Å². The van der Waals surface area contributed by atoms with Crippen LogP contribution in [0.5, 0.6) is 5.75 Å². The third kappa shape index (κ3) is 3.79. The van der Waals surface area contributed by atoms with E-state index in [1.807, 2.05) is 24.3 Å². The molecule has 3 nitrogen and oxygen atoms in total. The van der Waals surface area contributed by atoms with E-state index in [0.29, 0.717) is 11.8 Å². The minimum atomic E-state index is -4.52. The zero-order valence-electron chi connectivity index (χ0n) is 12.6. The SMILES string of the molecule is Br.Cc1cc(Nc2cc(O)cc(C(F)(F)F)c2)c2ccccc2n1. The number of hydrogen-bond donors (Lipinski definition) is 2. The van der Waals surface area contributed by atoms with Gasteiger partial charge in [0.1, 0.15) is 5.75 Å². The lowest BCUT2D eigenvalue weighted by Gasteiger charge is -2.13. The van der Waals surface area contributed by atoms with Crippen LogP contribution in [0.1, 0.15) is 11.3 Å². The van der Waals surface area contributed by atoms with Crippen molar-refractivity contribution in [3.63, 3.8) is 0 Å². The number of para-hydroxylation sites is 1. The Bertz CT molecular complexity index is 881. The standard InChI is InChI=1S/C17H13F3N2O.BrH/c1-10-6-16(14-4-2-3-5-15(14)21-10)22-12-7-11(17(18,19)20)8-13(23)9-12;/h2-9,23H,1H3,(H,21,22);1H. The lowest BCUT2D eigenvalue weighted by atomic mass is 10.1. The van der Waals surface area contributed by atoms with Gasteiger partial charge in [0.25, 0.3) is 0 Å². The van der Waals surface area contributed by atoms with Gasteiger partial charge in [0.2, 0.25) is 0 Å². The number of aryl methyl sites for hydroxylation is 1. The maximum atomic E-state index is 12.9. The van der Waals surface area contributed by atoms with Crippen molar-refractivity contribution in [1.29, 1.82) is 0 Å². The lowest BCUT2D eigenvalue weighted by molar-refractivity contribution is -0.137. The number of phenolic OH excluding ortho intramolecular Hbond substituents is 1. The van der Waals surface area contributed by atoms with Gasteiger partial charge in [-0.3, -0.25) is 4.98 Å². The van der Waals surface area contributed by atoms with Crippen LogP contribution in [0.3, 0.4) is 0 Å². The topological polar surface area (TPSA) is 45.1 Å². The van der Waals surface area contributed by atoms with E-state index in [9.17, 15) is 18.3 Å². The minimum absolute atomic E-state index is 0. The number of nitrogens with zero attached hydrogens (tertiary/aromatic N) is 1. The summed E-state index contributed by atoms with van der Waals surface area (Å²) in [6.45, 7) is 1.81. The predicted octanol–water partition coefficient (Wildman–Crippen LogP) is 5.59. The van der Waals surface area contributed by atoms with Crippen molar-refractivity contribution in [2.75, 3.05) is 5.32 Å². The zero-order chi connectivity index (χ0) is 16.6. The molecule has 24 heavy (non-hydrogen) atoms. The second-order valence-electron chi connectivity index (χ2n) is 5.22. The van der Waals surface area contributed by atoms with Crippen LogP contribution in [0, 0.1) is 6.92 Å². The van der Waals surface area contributed by atoms with Crippen LogP contribution in [0.15, 0.2) is 48.5 Å². The summed E-state index contributed by atoms with van der Waals surface area (Å²) in [5.74, 6) is -0.447. The van der Waals surface area contributed by atoms with Crippen LogP contribution >= 0.6 is 17.0 Å². The van der Waals surface area contributed by atoms with Crippen molar-refractivity contribution < 1.29 is 18.3 Å². The van der Waals surface area contributed by atoms with Crippen LogP contribution in [0.25, 0.3) is 10.9 Å². The van der Waals surface area contributed by atoms with Gasteiger partial charge < -0.3 is 10.4 Å². The average Bonchev–Trinajstić information content (AvgIpc) is 2.45. The molecule has 7 heteroatoms. The monoisotopic (exact) mass is 398 g/mol. The number of phenols is 1.